The summed E-state index contributed by atoms with van der Waals surface area (Å²) in [5, 5.41) is 0.182. The molecule has 0 unspecified atom stereocenters. The number of alkyl halides is 3. The van der Waals surface area contributed by atoms with E-state index in [2.05, 4.69) is 0 Å². The summed E-state index contributed by atoms with van der Waals surface area (Å²) in [6.07, 6.45) is 1.26. The predicted molar refractivity (Wildman–Crippen MR) is 67.2 cm³/mol. The highest BCUT2D eigenvalue weighted by atomic mass is 32.2. The molecule has 0 saturated heterocycles. The summed E-state index contributed by atoms with van der Waals surface area (Å²) in [7, 11) is -5.39. The van der Waals surface area contributed by atoms with Crippen molar-refractivity contribution in [3.8, 4) is 0 Å². The van der Waals surface area contributed by atoms with Gasteiger partial charge in [-0.15, -0.1) is 0 Å². The van der Waals surface area contributed by atoms with Crippen molar-refractivity contribution >= 4 is 15.4 Å². The SMILES string of the molecule is O=S(=O)(/C=C(/c1ccccc1)c1ccco1)C(F)(F)F. The molecule has 106 valence electrons. The number of furan rings is 1. The summed E-state index contributed by atoms with van der Waals surface area (Å²) in [4.78, 5) is 0. The van der Waals surface area contributed by atoms with Crippen LogP contribution in [0.3, 0.4) is 0 Å². The van der Waals surface area contributed by atoms with Crippen molar-refractivity contribution in [2.24, 2.45) is 0 Å². The van der Waals surface area contributed by atoms with E-state index in [-0.39, 0.29) is 16.7 Å². The Labute approximate surface area is 113 Å². The van der Waals surface area contributed by atoms with Gasteiger partial charge in [-0.3, -0.25) is 0 Å². The van der Waals surface area contributed by atoms with E-state index in [0.29, 0.717) is 5.56 Å². The van der Waals surface area contributed by atoms with Gasteiger partial charge in [0.2, 0.25) is 0 Å². The summed E-state index contributed by atoms with van der Waals surface area (Å²) in [6, 6.07) is 10.7. The van der Waals surface area contributed by atoms with Crippen LogP contribution in [-0.4, -0.2) is 13.9 Å². The first-order valence-corrected chi connectivity index (χ1v) is 6.98. The molecule has 1 heterocycles. The van der Waals surface area contributed by atoms with Gasteiger partial charge in [-0.2, -0.15) is 13.2 Å². The number of rotatable bonds is 3. The van der Waals surface area contributed by atoms with Gasteiger partial charge in [0.25, 0.3) is 9.84 Å². The van der Waals surface area contributed by atoms with Crippen molar-refractivity contribution in [2.75, 3.05) is 0 Å². The number of benzene rings is 1. The van der Waals surface area contributed by atoms with E-state index in [1.807, 2.05) is 0 Å². The third kappa shape index (κ3) is 2.93. The minimum absolute atomic E-state index is 0.0454. The Bertz CT molecular complexity index is 699. The second-order valence-corrected chi connectivity index (χ2v) is 5.65. The maximum atomic E-state index is 12.5. The molecule has 0 aliphatic carbocycles. The zero-order valence-corrected chi connectivity index (χ0v) is 10.8. The minimum atomic E-state index is -5.39. The van der Waals surface area contributed by atoms with Crippen LogP contribution in [0.15, 0.2) is 58.6 Å². The summed E-state index contributed by atoms with van der Waals surface area (Å²) in [6.45, 7) is 0. The van der Waals surface area contributed by atoms with Crippen molar-refractivity contribution in [1.29, 1.82) is 0 Å². The van der Waals surface area contributed by atoms with Crippen molar-refractivity contribution in [1.82, 2.24) is 0 Å². The highest BCUT2D eigenvalue weighted by Gasteiger charge is 2.44. The van der Waals surface area contributed by atoms with Gasteiger partial charge >= 0.3 is 5.51 Å². The lowest BCUT2D eigenvalue weighted by molar-refractivity contribution is -0.0423. The lowest BCUT2D eigenvalue weighted by Gasteiger charge is -2.08. The lowest BCUT2D eigenvalue weighted by atomic mass is 10.1. The van der Waals surface area contributed by atoms with Crippen LogP contribution in [-0.2, 0) is 9.84 Å². The van der Waals surface area contributed by atoms with Gasteiger partial charge in [0.15, 0.2) is 0 Å². The van der Waals surface area contributed by atoms with Gasteiger partial charge < -0.3 is 4.42 Å². The number of halogens is 3. The molecule has 2 rings (SSSR count). The second kappa shape index (κ2) is 5.16. The molecule has 3 nitrogen and oxygen atoms in total. The quantitative estimate of drug-likeness (QED) is 0.870. The zero-order chi connectivity index (χ0) is 14.8. The maximum absolute atomic E-state index is 12.5. The highest BCUT2D eigenvalue weighted by molar-refractivity contribution is 7.95. The monoisotopic (exact) mass is 302 g/mol. The second-order valence-electron chi connectivity index (χ2n) is 3.87. The summed E-state index contributed by atoms with van der Waals surface area (Å²) in [5.74, 6) is 0.0454. The maximum Gasteiger partial charge on any atom is 0.501 e. The molecule has 7 heteroatoms. The first-order chi connectivity index (χ1) is 9.31. The Morgan fingerprint density at radius 2 is 1.70 bits per heavy atom. The van der Waals surface area contributed by atoms with Gasteiger partial charge in [-0.25, -0.2) is 8.42 Å². The molecule has 0 saturated carbocycles. The first-order valence-electron chi connectivity index (χ1n) is 5.43. The Morgan fingerprint density at radius 3 is 2.20 bits per heavy atom. The topological polar surface area (TPSA) is 47.3 Å². The van der Waals surface area contributed by atoms with Crippen LogP contribution in [0.2, 0.25) is 0 Å². The van der Waals surface area contributed by atoms with Crippen LogP contribution in [0.5, 0.6) is 0 Å². The third-order valence-electron chi connectivity index (χ3n) is 2.47. The molecule has 0 fully saturated rings. The van der Waals surface area contributed by atoms with E-state index < -0.39 is 15.3 Å². The van der Waals surface area contributed by atoms with Gasteiger partial charge in [0, 0.05) is 5.57 Å². The molecular weight excluding hydrogens is 293 g/mol. The molecule has 0 bridgehead atoms. The van der Waals surface area contributed by atoms with Crippen LogP contribution in [0, 0.1) is 0 Å². The number of sulfone groups is 1. The fourth-order valence-electron chi connectivity index (χ4n) is 1.54. The number of hydrogen-bond acceptors (Lipinski definition) is 3. The van der Waals surface area contributed by atoms with Gasteiger partial charge in [-0.05, 0) is 17.7 Å². The van der Waals surface area contributed by atoms with Gasteiger partial charge in [0.05, 0.1) is 11.7 Å². The van der Waals surface area contributed by atoms with Gasteiger partial charge in [0.1, 0.15) is 5.76 Å². The molecular formula is C13H9F3O3S. The molecule has 1 aromatic heterocycles. The largest absolute Gasteiger partial charge is 0.501 e. The summed E-state index contributed by atoms with van der Waals surface area (Å²) >= 11 is 0. The highest BCUT2D eigenvalue weighted by Crippen LogP contribution is 2.31. The van der Waals surface area contributed by atoms with Crippen LogP contribution in [0.25, 0.3) is 5.57 Å². The van der Waals surface area contributed by atoms with Crippen molar-refractivity contribution in [2.45, 2.75) is 5.51 Å². The molecule has 0 spiro atoms. The average molecular weight is 302 g/mol. The van der Waals surface area contributed by atoms with E-state index in [1.54, 1.807) is 18.2 Å². The zero-order valence-electron chi connectivity index (χ0n) is 9.96. The molecule has 0 aliphatic rings. The molecule has 0 amide bonds. The first kappa shape index (κ1) is 14.4. The molecule has 0 radical (unpaired) electrons. The summed E-state index contributed by atoms with van der Waals surface area (Å²) in [5.41, 5.74) is -5.18. The van der Waals surface area contributed by atoms with Gasteiger partial charge in [-0.1, -0.05) is 30.3 Å². The third-order valence-corrected chi connectivity index (χ3v) is 3.66. The van der Waals surface area contributed by atoms with E-state index in [0.717, 1.165) is 0 Å². The normalized spacial score (nSPS) is 13.4. The van der Waals surface area contributed by atoms with Crippen LogP contribution in [0.1, 0.15) is 11.3 Å². The van der Waals surface area contributed by atoms with Crippen LogP contribution < -0.4 is 0 Å². The van der Waals surface area contributed by atoms with Crippen LogP contribution in [0.4, 0.5) is 13.2 Å². The van der Waals surface area contributed by atoms with Crippen LogP contribution >= 0.6 is 0 Å². The summed E-state index contributed by atoms with van der Waals surface area (Å²) < 4.78 is 65.0. The van der Waals surface area contributed by atoms with Crippen molar-refractivity contribution in [3.05, 3.63) is 65.5 Å². The number of hydrogen-bond donors (Lipinski definition) is 0. The van der Waals surface area contributed by atoms with Crippen molar-refractivity contribution < 1.29 is 26.0 Å². The Kier molecular flexibility index (Phi) is 3.71. The lowest BCUT2D eigenvalue weighted by Crippen LogP contribution is -2.21. The fraction of sp³-hybridized carbons (Fsp3) is 0.0769. The van der Waals surface area contributed by atoms with E-state index in [4.69, 9.17) is 4.42 Å². The Morgan fingerprint density at radius 1 is 1.05 bits per heavy atom. The van der Waals surface area contributed by atoms with E-state index >= 15 is 0 Å². The predicted octanol–water partition coefficient (Wildman–Crippen LogP) is 3.60. The minimum Gasteiger partial charge on any atom is -0.464 e. The fourth-order valence-corrected chi connectivity index (χ4v) is 2.24. The molecule has 0 atom stereocenters. The molecule has 1 aromatic carbocycles. The van der Waals surface area contributed by atoms with E-state index in [1.165, 1.54) is 30.5 Å². The Hall–Kier alpha value is -2.02. The smallest absolute Gasteiger partial charge is 0.464 e. The molecule has 0 aliphatic heterocycles. The standard InChI is InChI=1S/C13H9F3O3S/c14-13(15,16)20(17,18)9-11(12-7-4-8-19-12)10-5-2-1-3-6-10/h1-9H/b11-9-. The van der Waals surface area contributed by atoms with E-state index in [9.17, 15) is 21.6 Å². The average Bonchev–Trinajstić information content (AvgIpc) is 2.89. The Balaban J connectivity index is 2.61. The molecule has 20 heavy (non-hydrogen) atoms. The van der Waals surface area contributed by atoms with Crippen molar-refractivity contribution in [3.63, 3.8) is 0 Å². The molecule has 0 N–H and O–H groups in total. The molecule has 2 aromatic rings.